The highest BCUT2D eigenvalue weighted by Gasteiger charge is 2.18. The van der Waals surface area contributed by atoms with E-state index in [2.05, 4.69) is 15.6 Å². The van der Waals surface area contributed by atoms with Crippen molar-refractivity contribution in [2.45, 2.75) is 38.3 Å². The first-order valence-corrected chi connectivity index (χ1v) is 9.53. The molecule has 4 rings (SSSR count). The van der Waals surface area contributed by atoms with Crippen LogP contribution in [0.5, 0.6) is 0 Å². The number of hydrogen-bond acceptors (Lipinski definition) is 5. The van der Waals surface area contributed by atoms with Gasteiger partial charge in [0.05, 0.1) is 17.6 Å². The van der Waals surface area contributed by atoms with E-state index in [9.17, 15) is 9.59 Å². The summed E-state index contributed by atoms with van der Waals surface area (Å²) in [7, 11) is 0. The molecule has 3 aromatic rings. The zero-order valence-electron chi connectivity index (χ0n) is 15.5. The van der Waals surface area contributed by atoms with Gasteiger partial charge in [-0.15, -0.1) is 5.10 Å². The highest BCUT2D eigenvalue weighted by molar-refractivity contribution is 5.91. The first-order chi connectivity index (χ1) is 13.7. The summed E-state index contributed by atoms with van der Waals surface area (Å²) in [6.07, 6.45) is 4.29. The first kappa shape index (κ1) is 18.2. The number of rotatable bonds is 6. The molecular weight excluding hydrogens is 356 g/mol. The van der Waals surface area contributed by atoms with Crippen molar-refractivity contribution in [2.75, 3.05) is 6.61 Å². The van der Waals surface area contributed by atoms with E-state index < -0.39 is 5.97 Å². The van der Waals surface area contributed by atoms with Crippen LogP contribution in [0.4, 0.5) is 0 Å². The van der Waals surface area contributed by atoms with Crippen LogP contribution in [0.1, 0.15) is 41.6 Å². The van der Waals surface area contributed by atoms with Crippen molar-refractivity contribution in [1.29, 1.82) is 0 Å². The molecule has 7 nitrogen and oxygen atoms in total. The molecular formula is C21H22N4O3. The molecule has 1 amide bonds. The summed E-state index contributed by atoms with van der Waals surface area (Å²) in [5, 5.41) is 11.2. The molecule has 0 bridgehead atoms. The molecule has 1 heterocycles. The molecule has 0 saturated heterocycles. The monoisotopic (exact) mass is 378 g/mol. The summed E-state index contributed by atoms with van der Waals surface area (Å²) in [6.45, 7) is 0.307. The second kappa shape index (κ2) is 8.21. The minimum atomic E-state index is -0.501. The van der Waals surface area contributed by atoms with E-state index in [4.69, 9.17) is 4.74 Å². The van der Waals surface area contributed by atoms with Gasteiger partial charge >= 0.3 is 5.97 Å². The Morgan fingerprint density at radius 2 is 1.82 bits per heavy atom. The fourth-order valence-electron chi connectivity index (χ4n) is 3.51. The van der Waals surface area contributed by atoms with E-state index in [0.29, 0.717) is 12.1 Å². The Morgan fingerprint density at radius 1 is 1.07 bits per heavy atom. The van der Waals surface area contributed by atoms with Crippen molar-refractivity contribution in [3.05, 3.63) is 59.7 Å². The van der Waals surface area contributed by atoms with Crippen LogP contribution >= 0.6 is 0 Å². The summed E-state index contributed by atoms with van der Waals surface area (Å²) < 4.78 is 6.94. The van der Waals surface area contributed by atoms with Crippen LogP contribution in [-0.4, -0.2) is 39.5 Å². The number of benzene rings is 2. The van der Waals surface area contributed by atoms with Crippen molar-refractivity contribution >= 4 is 22.9 Å². The molecule has 1 fully saturated rings. The van der Waals surface area contributed by atoms with Gasteiger partial charge in [-0.1, -0.05) is 42.3 Å². The third kappa shape index (κ3) is 4.19. The predicted molar refractivity (Wildman–Crippen MR) is 104 cm³/mol. The zero-order valence-corrected chi connectivity index (χ0v) is 15.5. The minimum Gasteiger partial charge on any atom is -0.452 e. The van der Waals surface area contributed by atoms with Crippen LogP contribution < -0.4 is 5.32 Å². The predicted octanol–water partition coefficient (Wildman–Crippen LogP) is 2.70. The number of carbonyl (C=O) groups excluding carboxylic acids is 2. The van der Waals surface area contributed by atoms with E-state index in [1.54, 1.807) is 12.1 Å². The summed E-state index contributed by atoms with van der Waals surface area (Å²) in [5.74, 6) is -0.741. The van der Waals surface area contributed by atoms with Crippen LogP contribution in [0.25, 0.3) is 11.0 Å². The number of nitrogens with zero attached hydrogens (tertiary/aromatic N) is 3. The van der Waals surface area contributed by atoms with Gasteiger partial charge in [-0.3, -0.25) is 4.79 Å². The highest BCUT2D eigenvalue weighted by atomic mass is 16.5. The van der Waals surface area contributed by atoms with Gasteiger partial charge in [-0.2, -0.15) is 0 Å². The van der Waals surface area contributed by atoms with Gasteiger partial charge in [-0.05, 0) is 42.7 Å². The van der Waals surface area contributed by atoms with E-state index in [1.165, 1.54) is 0 Å². The molecule has 0 unspecified atom stereocenters. The molecule has 1 saturated carbocycles. The SMILES string of the molecule is O=C(COC(=O)c1ccc(Cn2nnc3ccccc32)cc1)NC1CCCC1. The largest absolute Gasteiger partial charge is 0.452 e. The average Bonchev–Trinajstić information content (AvgIpc) is 3.37. The zero-order chi connectivity index (χ0) is 19.3. The van der Waals surface area contributed by atoms with Crippen LogP contribution in [-0.2, 0) is 16.1 Å². The highest BCUT2D eigenvalue weighted by Crippen LogP contribution is 2.17. The average molecular weight is 378 g/mol. The quantitative estimate of drug-likeness (QED) is 0.667. The molecule has 2 aromatic carbocycles. The lowest BCUT2D eigenvalue weighted by atomic mass is 10.1. The van der Waals surface area contributed by atoms with Crippen molar-refractivity contribution in [2.24, 2.45) is 0 Å². The van der Waals surface area contributed by atoms with Crippen molar-refractivity contribution in [3.8, 4) is 0 Å². The second-order valence-electron chi connectivity index (χ2n) is 7.06. The number of ether oxygens (including phenoxy) is 1. The summed E-state index contributed by atoms with van der Waals surface area (Å²) >= 11 is 0. The molecule has 0 atom stereocenters. The minimum absolute atomic E-state index is 0.221. The Balaban J connectivity index is 1.32. The van der Waals surface area contributed by atoms with Gasteiger partial charge in [0.1, 0.15) is 5.52 Å². The van der Waals surface area contributed by atoms with Crippen molar-refractivity contribution in [3.63, 3.8) is 0 Å². The molecule has 1 aromatic heterocycles. The topological polar surface area (TPSA) is 86.1 Å². The lowest BCUT2D eigenvalue weighted by Gasteiger charge is -2.12. The number of amides is 1. The van der Waals surface area contributed by atoms with E-state index >= 15 is 0 Å². The van der Waals surface area contributed by atoms with Gasteiger partial charge < -0.3 is 10.1 Å². The molecule has 28 heavy (non-hydrogen) atoms. The number of fused-ring (bicyclic) bond motifs is 1. The first-order valence-electron chi connectivity index (χ1n) is 9.53. The Kier molecular flexibility index (Phi) is 5.32. The van der Waals surface area contributed by atoms with E-state index in [-0.39, 0.29) is 18.6 Å². The molecule has 7 heteroatoms. The van der Waals surface area contributed by atoms with Crippen molar-refractivity contribution in [1.82, 2.24) is 20.3 Å². The summed E-state index contributed by atoms with van der Waals surface area (Å²) in [6, 6.07) is 15.1. The molecule has 144 valence electrons. The fourth-order valence-corrected chi connectivity index (χ4v) is 3.51. The Morgan fingerprint density at radius 3 is 2.61 bits per heavy atom. The Bertz CT molecular complexity index is 975. The molecule has 0 aliphatic heterocycles. The normalized spacial score (nSPS) is 14.3. The maximum Gasteiger partial charge on any atom is 0.338 e. The van der Waals surface area contributed by atoms with Gasteiger partial charge in [-0.25, -0.2) is 9.48 Å². The van der Waals surface area contributed by atoms with E-state index in [1.807, 2.05) is 41.1 Å². The summed E-state index contributed by atoms with van der Waals surface area (Å²) in [4.78, 5) is 24.0. The number of carbonyl (C=O) groups is 2. The lowest BCUT2D eigenvalue weighted by Crippen LogP contribution is -2.35. The van der Waals surface area contributed by atoms with Crippen LogP contribution in [0.15, 0.2) is 48.5 Å². The van der Waals surface area contributed by atoms with Crippen LogP contribution in [0.2, 0.25) is 0 Å². The molecule has 1 N–H and O–H groups in total. The maximum absolute atomic E-state index is 12.2. The van der Waals surface area contributed by atoms with Crippen LogP contribution in [0.3, 0.4) is 0 Å². The number of aromatic nitrogens is 3. The number of para-hydroxylation sites is 1. The van der Waals surface area contributed by atoms with Crippen molar-refractivity contribution < 1.29 is 14.3 Å². The Hall–Kier alpha value is -3.22. The lowest BCUT2D eigenvalue weighted by molar-refractivity contribution is -0.124. The number of hydrogen-bond donors (Lipinski definition) is 1. The van der Waals surface area contributed by atoms with Gasteiger partial charge in [0.25, 0.3) is 5.91 Å². The number of nitrogens with one attached hydrogen (secondary N) is 1. The van der Waals surface area contributed by atoms with Gasteiger partial charge in [0, 0.05) is 6.04 Å². The van der Waals surface area contributed by atoms with E-state index in [0.717, 1.165) is 42.3 Å². The van der Waals surface area contributed by atoms with Gasteiger partial charge in [0.15, 0.2) is 6.61 Å². The summed E-state index contributed by atoms with van der Waals surface area (Å²) in [5.41, 5.74) is 3.21. The molecule has 1 aliphatic rings. The second-order valence-corrected chi connectivity index (χ2v) is 7.06. The maximum atomic E-state index is 12.2. The van der Waals surface area contributed by atoms with Crippen LogP contribution in [0, 0.1) is 0 Å². The molecule has 1 aliphatic carbocycles. The standard InChI is InChI=1S/C21H22N4O3/c26-20(22-17-5-1-2-6-17)14-28-21(27)16-11-9-15(10-12-16)13-25-19-8-4-3-7-18(19)23-24-25/h3-4,7-12,17H,1-2,5-6,13-14H2,(H,22,26). The third-order valence-electron chi connectivity index (χ3n) is 5.00. The molecule has 0 spiro atoms. The Labute approximate surface area is 162 Å². The van der Waals surface area contributed by atoms with Gasteiger partial charge in [0.2, 0.25) is 0 Å². The molecule has 0 radical (unpaired) electrons. The number of esters is 1. The smallest absolute Gasteiger partial charge is 0.338 e. The fraction of sp³-hybridized carbons (Fsp3) is 0.333. The third-order valence-corrected chi connectivity index (χ3v) is 5.00.